The van der Waals surface area contributed by atoms with E-state index in [9.17, 15) is 10.1 Å². The molecule has 0 fully saturated rings. The molecule has 0 heterocycles. The maximum atomic E-state index is 11.6. The minimum atomic E-state index is -2.05. The molecule has 4 nitrogen and oxygen atoms in total. The number of nitro benzene ring substituents is 1. The van der Waals surface area contributed by atoms with Gasteiger partial charge in [0, 0.05) is 11.6 Å². The van der Waals surface area contributed by atoms with E-state index in [1.807, 2.05) is 48.5 Å². The molecule has 0 bridgehead atoms. The second-order valence-electron chi connectivity index (χ2n) is 7.19. The van der Waals surface area contributed by atoms with Crippen LogP contribution in [-0.4, -0.2) is 11.6 Å². The van der Waals surface area contributed by atoms with Gasteiger partial charge in [-0.2, -0.15) is 0 Å². The molecular weight excluding hydrogens is 391 g/mol. The van der Waals surface area contributed by atoms with Crippen LogP contribution in [-0.2, 0) is 0 Å². The SMILES string of the molecule is C[P+](c1ccccc1)(c1ccccc1)c1cccc(-c2ccccc2[N+](=O)[O-])c1N. The van der Waals surface area contributed by atoms with Gasteiger partial charge in [0.15, 0.2) is 0 Å². The van der Waals surface area contributed by atoms with Crippen LogP contribution in [0.25, 0.3) is 11.1 Å². The van der Waals surface area contributed by atoms with Gasteiger partial charge in [-0.05, 0) is 36.4 Å². The van der Waals surface area contributed by atoms with E-state index in [2.05, 4.69) is 37.0 Å². The molecule has 0 saturated heterocycles. The summed E-state index contributed by atoms with van der Waals surface area (Å²) in [5, 5.41) is 15.0. The summed E-state index contributed by atoms with van der Waals surface area (Å²) >= 11 is 0. The molecule has 0 aliphatic rings. The van der Waals surface area contributed by atoms with Gasteiger partial charge in [-0.25, -0.2) is 0 Å². The second kappa shape index (κ2) is 8.10. The lowest BCUT2D eigenvalue weighted by atomic mass is 10.0. The summed E-state index contributed by atoms with van der Waals surface area (Å²) in [4.78, 5) is 11.2. The lowest BCUT2D eigenvalue weighted by molar-refractivity contribution is -0.384. The number of nitrogens with two attached hydrogens (primary N) is 1. The third-order valence-electron chi connectivity index (χ3n) is 5.50. The predicted molar refractivity (Wildman–Crippen MR) is 128 cm³/mol. The van der Waals surface area contributed by atoms with Gasteiger partial charge in [-0.15, -0.1) is 0 Å². The fourth-order valence-corrected chi connectivity index (χ4v) is 7.30. The van der Waals surface area contributed by atoms with Crippen molar-refractivity contribution < 1.29 is 4.92 Å². The molecule has 0 amide bonds. The van der Waals surface area contributed by atoms with Gasteiger partial charge in [0.2, 0.25) is 0 Å². The van der Waals surface area contributed by atoms with Crippen LogP contribution in [0.4, 0.5) is 11.4 Å². The number of hydrogen-bond acceptors (Lipinski definition) is 3. The van der Waals surface area contributed by atoms with E-state index < -0.39 is 7.26 Å². The molecule has 0 unspecified atom stereocenters. The summed E-state index contributed by atoms with van der Waals surface area (Å²) < 4.78 is 0. The molecule has 0 saturated carbocycles. The van der Waals surface area contributed by atoms with Crippen LogP contribution in [0.3, 0.4) is 0 Å². The van der Waals surface area contributed by atoms with Crippen molar-refractivity contribution in [2.24, 2.45) is 0 Å². The zero-order chi connectivity index (χ0) is 21.1. The van der Waals surface area contributed by atoms with E-state index in [1.54, 1.807) is 18.2 Å². The first-order chi connectivity index (χ1) is 14.5. The molecule has 4 rings (SSSR count). The van der Waals surface area contributed by atoms with E-state index in [0.29, 0.717) is 16.8 Å². The van der Waals surface area contributed by atoms with Crippen LogP contribution in [0.15, 0.2) is 103 Å². The Hall–Kier alpha value is -3.49. The van der Waals surface area contributed by atoms with E-state index >= 15 is 0 Å². The second-order valence-corrected chi connectivity index (χ2v) is 10.7. The summed E-state index contributed by atoms with van der Waals surface area (Å²) in [5.74, 6) is 0. The Balaban J connectivity index is 2.00. The highest BCUT2D eigenvalue weighted by Gasteiger charge is 2.42. The minimum absolute atomic E-state index is 0.0563. The van der Waals surface area contributed by atoms with Crippen molar-refractivity contribution in [2.75, 3.05) is 12.4 Å². The molecule has 0 aliphatic heterocycles. The summed E-state index contributed by atoms with van der Waals surface area (Å²) in [7, 11) is -2.05. The maximum absolute atomic E-state index is 11.6. The van der Waals surface area contributed by atoms with Crippen LogP contribution in [0.1, 0.15) is 0 Å². The summed E-state index contributed by atoms with van der Waals surface area (Å²) in [6, 6.07) is 33.3. The van der Waals surface area contributed by atoms with Crippen molar-refractivity contribution in [1.82, 2.24) is 0 Å². The van der Waals surface area contributed by atoms with Crippen molar-refractivity contribution in [1.29, 1.82) is 0 Å². The van der Waals surface area contributed by atoms with E-state index in [-0.39, 0.29) is 10.6 Å². The molecule has 0 atom stereocenters. The van der Waals surface area contributed by atoms with Crippen molar-refractivity contribution in [3.8, 4) is 11.1 Å². The van der Waals surface area contributed by atoms with Gasteiger partial charge in [0.05, 0.1) is 22.8 Å². The Morgan fingerprint density at radius 2 is 1.20 bits per heavy atom. The normalized spacial score (nSPS) is 11.2. The molecule has 30 heavy (non-hydrogen) atoms. The first kappa shape index (κ1) is 19.8. The summed E-state index contributed by atoms with van der Waals surface area (Å²) in [6.45, 7) is 2.26. The molecule has 0 spiro atoms. The Kier molecular flexibility index (Phi) is 5.35. The number of nitrogen functional groups attached to an aromatic ring is 1. The van der Waals surface area contributed by atoms with Crippen molar-refractivity contribution >= 4 is 34.6 Å². The molecule has 2 N–H and O–H groups in total. The molecule has 0 aromatic heterocycles. The average molecular weight is 413 g/mol. The highest BCUT2D eigenvalue weighted by atomic mass is 31.2. The van der Waals surface area contributed by atoms with Crippen LogP contribution >= 0.6 is 7.26 Å². The Morgan fingerprint density at radius 3 is 1.77 bits per heavy atom. The number of para-hydroxylation sites is 2. The number of anilines is 1. The maximum Gasteiger partial charge on any atom is 0.277 e. The number of benzene rings is 4. The quantitative estimate of drug-likeness (QED) is 0.222. The first-order valence-electron chi connectivity index (χ1n) is 9.64. The molecule has 4 aromatic carbocycles. The van der Waals surface area contributed by atoms with Gasteiger partial charge in [-0.1, -0.05) is 60.7 Å². The monoisotopic (exact) mass is 413 g/mol. The fraction of sp³-hybridized carbons (Fsp3) is 0.0400. The van der Waals surface area contributed by atoms with Gasteiger partial charge < -0.3 is 5.73 Å². The van der Waals surface area contributed by atoms with Gasteiger partial charge in [-0.3, -0.25) is 10.1 Å². The van der Waals surface area contributed by atoms with Crippen LogP contribution in [0.5, 0.6) is 0 Å². The number of nitrogens with zero attached hydrogens (tertiary/aromatic N) is 1. The molecule has 4 aromatic rings. The van der Waals surface area contributed by atoms with Gasteiger partial charge in [0.1, 0.15) is 23.2 Å². The lowest BCUT2D eigenvalue weighted by Gasteiger charge is -2.25. The number of nitro groups is 1. The van der Waals surface area contributed by atoms with Gasteiger partial charge >= 0.3 is 0 Å². The van der Waals surface area contributed by atoms with Crippen LogP contribution < -0.4 is 21.6 Å². The average Bonchev–Trinajstić information content (AvgIpc) is 2.80. The molecule has 5 heteroatoms. The van der Waals surface area contributed by atoms with Crippen molar-refractivity contribution in [3.63, 3.8) is 0 Å². The zero-order valence-electron chi connectivity index (χ0n) is 16.6. The van der Waals surface area contributed by atoms with E-state index in [0.717, 1.165) is 5.30 Å². The third-order valence-corrected chi connectivity index (χ3v) is 9.52. The van der Waals surface area contributed by atoms with Crippen LogP contribution in [0.2, 0.25) is 0 Å². The molecular formula is C25H22N2O2P+. The summed E-state index contributed by atoms with van der Waals surface area (Å²) in [5.41, 5.74) is 8.63. The molecule has 148 valence electrons. The summed E-state index contributed by atoms with van der Waals surface area (Å²) in [6.07, 6.45) is 0. The van der Waals surface area contributed by atoms with Crippen molar-refractivity contribution in [2.45, 2.75) is 0 Å². The Bertz CT molecular complexity index is 1150. The fourth-order valence-electron chi connectivity index (χ4n) is 3.92. The highest BCUT2D eigenvalue weighted by Crippen LogP contribution is 2.53. The van der Waals surface area contributed by atoms with Crippen LogP contribution in [0, 0.1) is 10.1 Å². The minimum Gasteiger partial charge on any atom is -0.395 e. The zero-order valence-corrected chi connectivity index (χ0v) is 17.5. The number of hydrogen-bond donors (Lipinski definition) is 1. The highest BCUT2D eigenvalue weighted by molar-refractivity contribution is 7.95. The van der Waals surface area contributed by atoms with E-state index in [4.69, 9.17) is 5.73 Å². The van der Waals surface area contributed by atoms with Crippen molar-refractivity contribution in [3.05, 3.63) is 113 Å². The molecule has 0 aliphatic carbocycles. The van der Waals surface area contributed by atoms with E-state index in [1.165, 1.54) is 16.7 Å². The third kappa shape index (κ3) is 3.36. The standard InChI is InChI=1S/C25H22N2O2P/c1-30(19-11-4-2-5-12-19,20-13-6-3-7-14-20)24-18-10-16-22(25(24)26)21-15-8-9-17-23(21)27(28)29/h2-18H,26H2,1H3/q+1. The largest absolute Gasteiger partial charge is 0.395 e. The first-order valence-corrected chi connectivity index (χ1v) is 11.9. The Labute approximate surface area is 176 Å². The number of rotatable bonds is 5. The Morgan fingerprint density at radius 1 is 0.700 bits per heavy atom. The predicted octanol–water partition coefficient (Wildman–Crippen LogP) is 4.77. The smallest absolute Gasteiger partial charge is 0.277 e. The topological polar surface area (TPSA) is 69.2 Å². The molecule has 0 radical (unpaired) electrons. The van der Waals surface area contributed by atoms with Gasteiger partial charge in [0.25, 0.3) is 5.69 Å². The lowest BCUT2D eigenvalue weighted by Crippen LogP contribution is -2.32.